The fraction of sp³-hybridized carbons (Fsp3) is 0.455. The lowest BCUT2D eigenvalue weighted by atomic mass is 10.2. The van der Waals surface area contributed by atoms with Crippen LogP contribution in [0.5, 0.6) is 0 Å². The van der Waals surface area contributed by atoms with Gasteiger partial charge in [-0.3, -0.25) is 14.5 Å². The number of thioether (sulfide) groups is 1. The van der Waals surface area contributed by atoms with Gasteiger partial charge in [0.1, 0.15) is 18.1 Å². The molecule has 0 spiro atoms. The van der Waals surface area contributed by atoms with Gasteiger partial charge in [-0.15, -0.1) is 11.8 Å². The Labute approximate surface area is 196 Å². The van der Waals surface area contributed by atoms with Crippen LogP contribution in [0.25, 0.3) is 0 Å². The van der Waals surface area contributed by atoms with E-state index in [1.807, 2.05) is 30.0 Å². The molecule has 1 aliphatic rings. The molecule has 9 heteroatoms. The Morgan fingerprint density at radius 1 is 1.10 bits per heavy atom. The number of aryl methyl sites for hydroxylation is 1. The van der Waals surface area contributed by atoms with Gasteiger partial charge in [-0.25, -0.2) is 0 Å². The fourth-order valence-corrected chi connectivity index (χ4v) is 4.79. The van der Waals surface area contributed by atoms with E-state index < -0.39 is 0 Å². The molecule has 1 fully saturated rings. The Morgan fingerprint density at radius 2 is 1.87 bits per heavy atom. The first-order valence-electron chi connectivity index (χ1n) is 10.1. The van der Waals surface area contributed by atoms with Crippen LogP contribution in [0.3, 0.4) is 0 Å². The van der Waals surface area contributed by atoms with E-state index in [0.29, 0.717) is 34.6 Å². The van der Waals surface area contributed by atoms with Crippen LogP contribution >= 0.6 is 35.0 Å². The second kappa shape index (κ2) is 11.3. The molecule has 0 radical (unpaired) electrons. The summed E-state index contributed by atoms with van der Waals surface area (Å²) < 4.78 is 10.7. The maximum atomic E-state index is 12.7. The third-order valence-electron chi connectivity index (χ3n) is 5.02. The molecule has 0 saturated carbocycles. The minimum absolute atomic E-state index is 0.109. The molecule has 168 valence electrons. The van der Waals surface area contributed by atoms with Crippen molar-refractivity contribution in [3.8, 4) is 0 Å². The molecule has 1 amide bonds. The van der Waals surface area contributed by atoms with E-state index in [4.69, 9.17) is 32.4 Å². The molecule has 2 aromatic rings. The van der Waals surface area contributed by atoms with Crippen molar-refractivity contribution in [2.75, 3.05) is 31.9 Å². The minimum Gasteiger partial charge on any atom is -0.461 e. The molecule has 0 aliphatic carbocycles. The van der Waals surface area contributed by atoms with Gasteiger partial charge in [0.05, 0.1) is 17.3 Å². The lowest BCUT2D eigenvalue weighted by Gasteiger charge is -2.21. The van der Waals surface area contributed by atoms with Gasteiger partial charge >= 0.3 is 5.97 Å². The first kappa shape index (κ1) is 24.0. The van der Waals surface area contributed by atoms with Gasteiger partial charge < -0.3 is 14.1 Å². The predicted octanol–water partition coefficient (Wildman–Crippen LogP) is 4.78. The van der Waals surface area contributed by atoms with Gasteiger partial charge in [-0.2, -0.15) is 0 Å². The molecule has 0 atom stereocenters. The van der Waals surface area contributed by atoms with Gasteiger partial charge in [0.15, 0.2) is 0 Å². The number of nitrogens with zero attached hydrogens (tertiary/aromatic N) is 2. The number of ether oxygens (including phenoxy) is 1. The number of benzene rings is 1. The van der Waals surface area contributed by atoms with E-state index in [1.54, 1.807) is 6.07 Å². The highest BCUT2D eigenvalue weighted by Gasteiger charge is 2.20. The summed E-state index contributed by atoms with van der Waals surface area (Å²) in [5.41, 5.74) is 0.945. The van der Waals surface area contributed by atoms with Crippen LogP contribution < -0.4 is 0 Å². The Balaban J connectivity index is 1.47. The maximum absolute atomic E-state index is 12.7. The van der Waals surface area contributed by atoms with Crippen LogP contribution in [0, 0.1) is 6.92 Å². The van der Waals surface area contributed by atoms with Crippen LogP contribution in [-0.4, -0.2) is 53.6 Å². The van der Waals surface area contributed by atoms with Crippen molar-refractivity contribution in [1.82, 2.24) is 9.80 Å². The van der Waals surface area contributed by atoms with Crippen molar-refractivity contribution in [3.63, 3.8) is 0 Å². The van der Waals surface area contributed by atoms with Crippen molar-refractivity contribution in [3.05, 3.63) is 51.4 Å². The second-order valence-corrected chi connectivity index (χ2v) is 9.31. The van der Waals surface area contributed by atoms with Crippen LogP contribution in [0.4, 0.5) is 0 Å². The van der Waals surface area contributed by atoms with E-state index in [-0.39, 0.29) is 18.5 Å². The van der Waals surface area contributed by atoms with Gasteiger partial charge in [-0.1, -0.05) is 23.2 Å². The molecule has 1 aliphatic heterocycles. The van der Waals surface area contributed by atoms with E-state index in [1.165, 1.54) is 18.7 Å². The molecule has 1 aromatic carbocycles. The number of hydrogen-bond acceptors (Lipinski definition) is 6. The molecule has 0 unspecified atom stereocenters. The molecule has 1 aromatic heterocycles. The summed E-state index contributed by atoms with van der Waals surface area (Å²) in [6.45, 7) is 7.18. The summed E-state index contributed by atoms with van der Waals surface area (Å²) in [4.78, 5) is 28.7. The summed E-state index contributed by atoms with van der Waals surface area (Å²) >= 11 is 13.8. The third-order valence-corrected chi connectivity index (χ3v) is 6.89. The highest BCUT2D eigenvalue weighted by molar-refractivity contribution is 8.00. The molecule has 1 saturated heterocycles. The Bertz CT molecular complexity index is 934. The van der Waals surface area contributed by atoms with E-state index in [0.717, 1.165) is 42.3 Å². The highest BCUT2D eigenvalue weighted by Crippen LogP contribution is 2.32. The largest absolute Gasteiger partial charge is 0.461 e. The number of amides is 1. The highest BCUT2D eigenvalue weighted by atomic mass is 35.5. The zero-order valence-electron chi connectivity index (χ0n) is 17.7. The smallest absolute Gasteiger partial charge is 0.303 e. The zero-order valence-corrected chi connectivity index (χ0v) is 20.0. The molecule has 3 rings (SSSR count). The number of hydrogen-bond donors (Lipinski definition) is 0. The number of rotatable bonds is 7. The number of furan rings is 1. The average Bonchev–Trinajstić information content (AvgIpc) is 3.04. The summed E-state index contributed by atoms with van der Waals surface area (Å²) in [5, 5.41) is 1.20. The number of esters is 1. The molecular formula is C22H26Cl2N2O4S. The summed E-state index contributed by atoms with van der Waals surface area (Å²) in [6.07, 6.45) is 0.901. The number of carbonyl (C=O) groups excluding carboxylic acids is 2. The molecule has 6 nitrogen and oxygen atoms in total. The number of halogens is 2. The van der Waals surface area contributed by atoms with Crippen molar-refractivity contribution in [1.29, 1.82) is 0 Å². The fourth-order valence-electron chi connectivity index (χ4n) is 3.33. The van der Waals surface area contributed by atoms with Gasteiger partial charge in [0.25, 0.3) is 0 Å². The lowest BCUT2D eigenvalue weighted by Crippen LogP contribution is -2.36. The lowest BCUT2D eigenvalue weighted by molar-refractivity contribution is -0.142. The van der Waals surface area contributed by atoms with Gasteiger partial charge in [-0.05, 0) is 43.2 Å². The van der Waals surface area contributed by atoms with Crippen molar-refractivity contribution >= 4 is 46.8 Å². The molecule has 31 heavy (non-hydrogen) atoms. The first-order chi connectivity index (χ1) is 14.8. The standard InChI is InChI=1S/C22H26Cl2N2O4S/c1-15-10-21(20(24)11-19(15)23)31-14-22(28)26-7-3-6-25(8-9-26)12-17-4-5-18(30-17)13-29-16(2)27/h4-5,10-11H,3,6-9,12-14H2,1-2H3. The molecular weight excluding hydrogens is 459 g/mol. The third kappa shape index (κ3) is 7.17. The van der Waals surface area contributed by atoms with Gasteiger partial charge in [0, 0.05) is 43.0 Å². The van der Waals surface area contributed by atoms with E-state index >= 15 is 0 Å². The summed E-state index contributed by atoms with van der Waals surface area (Å²) in [6, 6.07) is 7.38. The zero-order chi connectivity index (χ0) is 22.4. The normalized spacial score (nSPS) is 15.0. The molecule has 0 bridgehead atoms. The number of carbonyl (C=O) groups is 2. The summed E-state index contributed by atoms with van der Waals surface area (Å²) in [7, 11) is 0. The van der Waals surface area contributed by atoms with Crippen LogP contribution in [0.2, 0.25) is 10.0 Å². The second-order valence-electron chi connectivity index (χ2n) is 7.48. The van der Waals surface area contributed by atoms with Crippen molar-refractivity contribution in [2.45, 2.75) is 38.3 Å². The topological polar surface area (TPSA) is 63.0 Å². The Morgan fingerprint density at radius 3 is 2.65 bits per heavy atom. The summed E-state index contributed by atoms with van der Waals surface area (Å²) in [5.74, 6) is 1.58. The Kier molecular flexibility index (Phi) is 8.72. The van der Waals surface area contributed by atoms with Crippen molar-refractivity contribution in [2.24, 2.45) is 0 Å². The SMILES string of the molecule is CC(=O)OCc1ccc(CN2CCCN(C(=O)CSc3cc(C)c(Cl)cc3Cl)CC2)o1. The van der Waals surface area contributed by atoms with Crippen molar-refractivity contribution < 1.29 is 18.7 Å². The Hall–Kier alpha value is -1.67. The minimum atomic E-state index is -0.332. The monoisotopic (exact) mass is 484 g/mol. The molecule has 2 heterocycles. The van der Waals surface area contributed by atoms with Crippen LogP contribution in [-0.2, 0) is 27.5 Å². The van der Waals surface area contributed by atoms with Crippen LogP contribution in [0.1, 0.15) is 30.4 Å². The van der Waals surface area contributed by atoms with E-state index in [2.05, 4.69) is 4.90 Å². The first-order valence-corrected chi connectivity index (χ1v) is 11.9. The van der Waals surface area contributed by atoms with E-state index in [9.17, 15) is 9.59 Å². The average molecular weight is 485 g/mol. The quantitative estimate of drug-likeness (QED) is 0.416. The van der Waals surface area contributed by atoms with Crippen LogP contribution in [0.15, 0.2) is 33.6 Å². The maximum Gasteiger partial charge on any atom is 0.303 e. The molecule has 0 N–H and O–H groups in total. The van der Waals surface area contributed by atoms with Gasteiger partial charge in [0.2, 0.25) is 5.91 Å². The predicted molar refractivity (Wildman–Crippen MR) is 123 cm³/mol.